The number of guanidine groups is 1. The van der Waals surface area contributed by atoms with Gasteiger partial charge >= 0.3 is 10.1 Å². The highest BCUT2D eigenvalue weighted by Crippen LogP contribution is 2.30. The molecule has 0 fully saturated rings. The summed E-state index contributed by atoms with van der Waals surface area (Å²) in [7, 11) is -9.01. The average Bonchev–Trinajstić information content (AvgIpc) is 2.92. The summed E-state index contributed by atoms with van der Waals surface area (Å²) in [5.74, 6) is 0.0584. The molecule has 1 heterocycles. The van der Waals surface area contributed by atoms with Crippen molar-refractivity contribution >= 4 is 26.1 Å². The minimum atomic E-state index is -4.63. The number of aryl methyl sites for hydroxylation is 1. The highest BCUT2D eigenvalue weighted by atomic mass is 32.2. The molecule has 0 amide bonds. The Bertz CT molecular complexity index is 1600. The van der Waals surface area contributed by atoms with Crippen LogP contribution in [0.3, 0.4) is 0 Å². The molecule has 13 nitrogen and oxygen atoms in total. The molecule has 0 saturated carbocycles. The van der Waals surface area contributed by atoms with E-state index in [1.165, 1.54) is 36.5 Å². The maximum absolute atomic E-state index is 13.7. The zero-order valence-corrected chi connectivity index (χ0v) is 23.8. The fraction of sp³-hybridized carbons (Fsp3) is 0.269. The lowest BCUT2D eigenvalue weighted by Gasteiger charge is -2.22. The molecule has 218 valence electrons. The Morgan fingerprint density at radius 2 is 1.76 bits per heavy atom. The van der Waals surface area contributed by atoms with Crippen molar-refractivity contribution in [2.24, 2.45) is 16.6 Å². The lowest BCUT2D eigenvalue weighted by atomic mass is 10.2. The highest BCUT2D eigenvalue weighted by molar-refractivity contribution is 7.91. The molecule has 0 spiro atoms. The Hall–Kier alpha value is -4.39. The summed E-state index contributed by atoms with van der Waals surface area (Å²) in [5.41, 5.74) is 11.6. The Kier molecular flexibility index (Phi) is 10.9. The molecule has 0 unspecified atom stereocenters. The van der Waals surface area contributed by atoms with E-state index in [4.69, 9.17) is 30.5 Å². The van der Waals surface area contributed by atoms with E-state index in [0.29, 0.717) is 23.3 Å². The number of pyridine rings is 1. The average molecular weight is 603 g/mol. The van der Waals surface area contributed by atoms with E-state index in [0.717, 1.165) is 10.4 Å². The number of nitriles is 1. The van der Waals surface area contributed by atoms with Crippen LogP contribution in [0.5, 0.6) is 11.5 Å². The maximum atomic E-state index is 13.7. The first kappa shape index (κ1) is 31.1. The van der Waals surface area contributed by atoms with Crippen LogP contribution in [0, 0.1) is 18.3 Å². The van der Waals surface area contributed by atoms with Crippen molar-refractivity contribution in [2.45, 2.75) is 36.1 Å². The van der Waals surface area contributed by atoms with Crippen molar-refractivity contribution in [1.82, 2.24) is 9.29 Å². The third kappa shape index (κ3) is 9.07. The normalized spacial score (nSPS) is 11.4. The second kappa shape index (κ2) is 14.3. The molecule has 0 aliphatic carbocycles. The van der Waals surface area contributed by atoms with Crippen LogP contribution in [0.2, 0.25) is 0 Å². The van der Waals surface area contributed by atoms with Gasteiger partial charge < -0.3 is 25.2 Å². The zero-order chi connectivity index (χ0) is 29.9. The lowest BCUT2D eigenvalue weighted by molar-refractivity contribution is 0.127. The van der Waals surface area contributed by atoms with Gasteiger partial charge in [-0.1, -0.05) is 18.2 Å². The van der Waals surface area contributed by atoms with Crippen molar-refractivity contribution in [2.75, 3.05) is 19.8 Å². The standard InChI is InChI=1S/C26H30N6O7S2/c1-20-15-22(37-13-6-14-38-31-26(28)29)17-23(16-20)39-41(35,36)25-9-3-2-8-24(25)40(33,34)32(12-5-10-27)19-21-7-4-11-30-18-21/h2-4,7-9,11,15-18H,5-6,12-14,19H2,1H3,(H4,28,29,31). The van der Waals surface area contributed by atoms with E-state index < -0.39 is 29.9 Å². The number of sulfonamides is 1. The predicted octanol–water partition coefficient (Wildman–Crippen LogP) is 2.24. The molecular formula is C26H30N6O7S2. The second-order valence-electron chi connectivity index (χ2n) is 8.63. The summed E-state index contributed by atoms with van der Waals surface area (Å²) in [6.07, 6.45) is 3.38. The van der Waals surface area contributed by atoms with Crippen molar-refractivity contribution < 1.29 is 30.6 Å². The first-order valence-corrected chi connectivity index (χ1v) is 15.1. The van der Waals surface area contributed by atoms with Crippen LogP contribution in [0.15, 0.2) is 81.9 Å². The van der Waals surface area contributed by atoms with E-state index >= 15 is 0 Å². The molecule has 3 aromatic rings. The third-order valence-electron chi connectivity index (χ3n) is 5.34. The van der Waals surface area contributed by atoms with Gasteiger partial charge in [-0.2, -0.15) is 18.0 Å². The van der Waals surface area contributed by atoms with Gasteiger partial charge in [0, 0.05) is 44.4 Å². The number of oxime groups is 1. The first-order chi connectivity index (χ1) is 19.5. The molecular weight excluding hydrogens is 572 g/mol. The molecule has 1 aromatic heterocycles. The lowest BCUT2D eigenvalue weighted by Crippen LogP contribution is -2.32. The molecule has 0 aliphatic rings. The number of ether oxygens (including phenoxy) is 1. The van der Waals surface area contributed by atoms with Crippen LogP contribution < -0.4 is 20.4 Å². The van der Waals surface area contributed by atoms with Crippen LogP contribution in [0.1, 0.15) is 24.0 Å². The minimum Gasteiger partial charge on any atom is -0.493 e. The fourth-order valence-corrected chi connectivity index (χ4v) is 6.74. The number of hydrogen-bond donors (Lipinski definition) is 2. The monoisotopic (exact) mass is 602 g/mol. The zero-order valence-electron chi connectivity index (χ0n) is 22.2. The maximum Gasteiger partial charge on any atom is 0.340 e. The summed E-state index contributed by atoms with van der Waals surface area (Å²) in [5, 5.41) is 12.5. The van der Waals surface area contributed by atoms with Gasteiger partial charge in [0.2, 0.25) is 16.0 Å². The van der Waals surface area contributed by atoms with Gasteiger partial charge in [-0.15, -0.1) is 0 Å². The number of hydrogen-bond acceptors (Lipinski definition) is 10. The molecule has 0 atom stereocenters. The molecule has 0 bridgehead atoms. The Morgan fingerprint density at radius 1 is 1.02 bits per heavy atom. The van der Waals surface area contributed by atoms with Crippen LogP contribution in [-0.4, -0.2) is 51.8 Å². The van der Waals surface area contributed by atoms with Crippen molar-refractivity contribution in [3.05, 3.63) is 78.1 Å². The van der Waals surface area contributed by atoms with Crippen LogP contribution in [0.4, 0.5) is 0 Å². The van der Waals surface area contributed by atoms with E-state index in [9.17, 15) is 16.8 Å². The molecule has 41 heavy (non-hydrogen) atoms. The highest BCUT2D eigenvalue weighted by Gasteiger charge is 2.32. The number of rotatable bonds is 15. The first-order valence-electron chi connectivity index (χ1n) is 12.3. The van der Waals surface area contributed by atoms with E-state index in [2.05, 4.69) is 10.1 Å². The minimum absolute atomic E-state index is 0.0688. The fourth-order valence-electron chi connectivity index (χ4n) is 3.61. The Morgan fingerprint density at radius 3 is 2.44 bits per heavy atom. The quantitative estimate of drug-likeness (QED) is 0.0849. The largest absolute Gasteiger partial charge is 0.493 e. The van der Waals surface area contributed by atoms with Gasteiger partial charge in [-0.05, 0) is 53.5 Å². The van der Waals surface area contributed by atoms with Gasteiger partial charge in [0.05, 0.1) is 12.7 Å². The van der Waals surface area contributed by atoms with E-state index in [1.807, 2.05) is 6.07 Å². The number of aromatic nitrogens is 1. The molecule has 3 rings (SSSR count). The number of nitrogens with zero attached hydrogens (tertiary/aromatic N) is 4. The summed E-state index contributed by atoms with van der Waals surface area (Å²) < 4.78 is 66.4. The number of nitrogens with two attached hydrogens (primary N) is 2. The summed E-state index contributed by atoms with van der Waals surface area (Å²) in [6, 6.07) is 14.9. The van der Waals surface area contributed by atoms with Gasteiger partial charge in [0.25, 0.3) is 0 Å². The van der Waals surface area contributed by atoms with Crippen LogP contribution >= 0.6 is 0 Å². The molecule has 4 N–H and O–H groups in total. The molecule has 2 aromatic carbocycles. The third-order valence-corrected chi connectivity index (χ3v) is 8.68. The molecule has 0 saturated heterocycles. The van der Waals surface area contributed by atoms with Gasteiger partial charge in [0.15, 0.2) is 0 Å². The molecule has 0 aliphatic heterocycles. The topological polar surface area (TPSA) is 200 Å². The second-order valence-corrected chi connectivity index (χ2v) is 12.0. The summed E-state index contributed by atoms with van der Waals surface area (Å²) in [4.78, 5) is 7.86. The van der Waals surface area contributed by atoms with E-state index in [1.54, 1.807) is 31.3 Å². The Labute approximate surface area is 239 Å². The summed E-state index contributed by atoms with van der Waals surface area (Å²) in [6.45, 7) is 1.87. The summed E-state index contributed by atoms with van der Waals surface area (Å²) >= 11 is 0. The predicted molar refractivity (Wildman–Crippen MR) is 149 cm³/mol. The smallest absolute Gasteiger partial charge is 0.340 e. The van der Waals surface area contributed by atoms with Gasteiger partial charge in [-0.3, -0.25) is 4.98 Å². The van der Waals surface area contributed by atoms with Crippen LogP contribution in [0.25, 0.3) is 0 Å². The molecule has 0 radical (unpaired) electrons. The van der Waals surface area contributed by atoms with E-state index in [-0.39, 0.29) is 44.4 Å². The van der Waals surface area contributed by atoms with Gasteiger partial charge in [-0.25, -0.2) is 8.42 Å². The van der Waals surface area contributed by atoms with Crippen molar-refractivity contribution in [3.63, 3.8) is 0 Å². The van der Waals surface area contributed by atoms with Crippen LogP contribution in [-0.2, 0) is 31.5 Å². The Balaban J connectivity index is 1.85. The van der Waals surface area contributed by atoms with Gasteiger partial charge in [0.1, 0.15) is 27.9 Å². The molecule has 15 heteroatoms. The number of benzene rings is 2. The van der Waals surface area contributed by atoms with Crippen molar-refractivity contribution in [3.8, 4) is 17.6 Å². The van der Waals surface area contributed by atoms with Crippen molar-refractivity contribution in [1.29, 1.82) is 5.26 Å². The SMILES string of the molecule is Cc1cc(OCCCON=C(N)N)cc(OS(=O)(=O)c2ccccc2S(=O)(=O)N(CCC#N)Cc2cccnc2)c1.